The molecule has 126 valence electrons. The third kappa shape index (κ3) is 4.89. The number of nitrogens with one attached hydrogen (secondary N) is 1. The molecule has 5 nitrogen and oxygen atoms in total. The largest absolute Gasteiger partial charge is 0.493 e. The monoisotopic (exact) mass is 355 g/mol. The molecule has 0 saturated carbocycles. The van der Waals surface area contributed by atoms with Gasteiger partial charge in [0.25, 0.3) is 0 Å². The highest BCUT2D eigenvalue weighted by atomic mass is 32.2. The minimum atomic E-state index is -0.738. The second-order valence-electron chi connectivity index (χ2n) is 5.06. The molecule has 7 heteroatoms. The van der Waals surface area contributed by atoms with E-state index in [-0.39, 0.29) is 17.5 Å². The molecule has 1 aromatic carbocycles. The molecular weight excluding hydrogens is 334 g/mol. The van der Waals surface area contributed by atoms with E-state index < -0.39 is 4.87 Å². The van der Waals surface area contributed by atoms with Crippen LogP contribution in [0.5, 0.6) is 11.5 Å². The Bertz CT molecular complexity index is 559. The van der Waals surface area contributed by atoms with E-state index in [4.69, 9.17) is 9.47 Å². The van der Waals surface area contributed by atoms with Crippen LogP contribution < -0.4 is 14.8 Å². The van der Waals surface area contributed by atoms with E-state index in [0.29, 0.717) is 23.7 Å². The first-order valence-corrected chi connectivity index (χ1v) is 9.36. The Labute approximate surface area is 144 Å². The van der Waals surface area contributed by atoms with Crippen LogP contribution in [0.3, 0.4) is 0 Å². The lowest BCUT2D eigenvalue weighted by molar-refractivity contribution is -0.122. The first-order valence-electron chi connectivity index (χ1n) is 7.39. The smallest absolute Gasteiger partial charge is 0.185 e. The highest BCUT2D eigenvalue weighted by Crippen LogP contribution is 2.33. The van der Waals surface area contributed by atoms with E-state index >= 15 is 0 Å². The maximum absolute atomic E-state index is 12.6. The number of methoxy groups -OCH3 is 1. The van der Waals surface area contributed by atoms with Crippen LogP contribution in [0, 0.1) is 0 Å². The van der Waals surface area contributed by atoms with Gasteiger partial charge < -0.3 is 9.47 Å². The van der Waals surface area contributed by atoms with Crippen LogP contribution in [-0.2, 0) is 9.59 Å². The summed E-state index contributed by atoms with van der Waals surface area (Å²) in [4.78, 5) is 22.9. The Morgan fingerprint density at radius 1 is 1.35 bits per heavy atom. The van der Waals surface area contributed by atoms with Gasteiger partial charge in [-0.2, -0.15) is 0 Å². The van der Waals surface area contributed by atoms with Gasteiger partial charge in [0.05, 0.1) is 7.11 Å². The average Bonchev–Trinajstić information content (AvgIpc) is 3.03. The van der Waals surface area contributed by atoms with Crippen molar-refractivity contribution in [3.8, 4) is 11.5 Å². The molecule has 1 aromatic rings. The summed E-state index contributed by atoms with van der Waals surface area (Å²) in [5.41, 5.74) is 0. The lowest BCUT2D eigenvalue weighted by Crippen LogP contribution is -2.50. The Kier molecular flexibility index (Phi) is 6.80. The van der Waals surface area contributed by atoms with Crippen molar-refractivity contribution in [1.82, 2.24) is 5.32 Å². The zero-order valence-electron chi connectivity index (χ0n) is 13.3. The van der Waals surface area contributed by atoms with Gasteiger partial charge in [0.1, 0.15) is 6.61 Å². The minimum absolute atomic E-state index is 0.0316. The molecule has 1 aliphatic rings. The molecule has 1 unspecified atom stereocenters. The van der Waals surface area contributed by atoms with Gasteiger partial charge in [-0.1, -0.05) is 23.9 Å². The molecule has 1 saturated heterocycles. The molecule has 0 aliphatic carbocycles. The quantitative estimate of drug-likeness (QED) is 0.768. The molecule has 1 aliphatic heterocycles. The third-order valence-corrected chi connectivity index (χ3v) is 5.65. The van der Waals surface area contributed by atoms with Gasteiger partial charge in [0.15, 0.2) is 27.3 Å². The highest BCUT2D eigenvalue weighted by Gasteiger charge is 2.42. The van der Waals surface area contributed by atoms with Crippen molar-refractivity contribution in [3.63, 3.8) is 0 Å². The van der Waals surface area contributed by atoms with Crippen molar-refractivity contribution >= 4 is 34.4 Å². The first-order chi connectivity index (χ1) is 11.1. The Morgan fingerprint density at radius 2 is 2.09 bits per heavy atom. The van der Waals surface area contributed by atoms with Crippen molar-refractivity contribution in [2.75, 3.05) is 31.8 Å². The Balaban J connectivity index is 2.00. The summed E-state index contributed by atoms with van der Waals surface area (Å²) in [7, 11) is 1.59. The van der Waals surface area contributed by atoms with E-state index in [9.17, 15) is 9.59 Å². The molecule has 0 aromatic heterocycles. The molecule has 2 rings (SSSR count). The lowest BCUT2D eigenvalue weighted by Gasteiger charge is -2.27. The van der Waals surface area contributed by atoms with Crippen molar-refractivity contribution in [1.29, 1.82) is 0 Å². The summed E-state index contributed by atoms with van der Waals surface area (Å²) in [6.07, 6.45) is 0.347. The van der Waals surface area contributed by atoms with Crippen molar-refractivity contribution in [2.45, 2.75) is 18.2 Å². The number of carbonyl (C=O) groups excluding carboxylic acids is 2. The van der Waals surface area contributed by atoms with Crippen LogP contribution >= 0.6 is 23.5 Å². The minimum Gasteiger partial charge on any atom is -0.493 e. The Morgan fingerprint density at radius 3 is 2.70 bits per heavy atom. The molecular formula is C16H21NO4S2. The van der Waals surface area contributed by atoms with Crippen LogP contribution in [0.2, 0.25) is 0 Å². The summed E-state index contributed by atoms with van der Waals surface area (Å²) in [5, 5.41) is 3.30. The summed E-state index contributed by atoms with van der Waals surface area (Å²) >= 11 is 2.75. The second-order valence-corrected chi connectivity index (χ2v) is 7.72. The van der Waals surface area contributed by atoms with Crippen molar-refractivity contribution in [3.05, 3.63) is 24.3 Å². The van der Waals surface area contributed by atoms with Crippen LogP contribution in [0.4, 0.5) is 0 Å². The molecule has 0 spiro atoms. The van der Waals surface area contributed by atoms with Gasteiger partial charge in [-0.3, -0.25) is 14.9 Å². The molecule has 1 heterocycles. The van der Waals surface area contributed by atoms with Crippen molar-refractivity contribution in [2.24, 2.45) is 0 Å². The number of thioether (sulfide) groups is 2. The van der Waals surface area contributed by atoms with E-state index in [1.165, 1.54) is 18.7 Å². The summed E-state index contributed by atoms with van der Waals surface area (Å²) in [6.45, 7) is 2.52. The number of carbonyl (C=O) groups is 2. The highest BCUT2D eigenvalue weighted by molar-refractivity contribution is 8.13. The fourth-order valence-corrected chi connectivity index (χ4v) is 4.03. The summed E-state index contributed by atoms with van der Waals surface area (Å²) < 4.78 is 11.1. The molecule has 23 heavy (non-hydrogen) atoms. The van der Waals surface area contributed by atoms with E-state index in [0.717, 1.165) is 12.3 Å². The number of ketones is 1. The van der Waals surface area contributed by atoms with Crippen LogP contribution in [-0.4, -0.2) is 47.5 Å². The van der Waals surface area contributed by atoms with Gasteiger partial charge in [0, 0.05) is 31.4 Å². The standard InChI is InChI=1S/C16H21NO4S2/c1-12(18)22-9-7-15(19)16(17-8-10-23-16)11-21-14-6-4-3-5-13(14)20-2/h3-6,17H,7-11H2,1-2H3. The van der Waals surface area contributed by atoms with Gasteiger partial charge in [0.2, 0.25) is 0 Å². The topological polar surface area (TPSA) is 64.6 Å². The molecule has 0 amide bonds. The van der Waals surface area contributed by atoms with E-state index in [1.54, 1.807) is 18.9 Å². The number of rotatable bonds is 8. The first kappa shape index (κ1) is 18.2. The molecule has 1 N–H and O–H groups in total. The third-order valence-electron chi connectivity index (χ3n) is 3.45. The fourth-order valence-electron chi connectivity index (χ4n) is 2.29. The zero-order valence-corrected chi connectivity index (χ0v) is 14.9. The number of ether oxygens (including phenoxy) is 2. The van der Waals surface area contributed by atoms with Crippen LogP contribution in [0.25, 0.3) is 0 Å². The van der Waals surface area contributed by atoms with Crippen LogP contribution in [0.1, 0.15) is 13.3 Å². The van der Waals surface area contributed by atoms with Gasteiger partial charge in [-0.15, -0.1) is 11.8 Å². The molecule has 0 radical (unpaired) electrons. The Hall–Kier alpha value is -1.18. The average molecular weight is 355 g/mol. The lowest BCUT2D eigenvalue weighted by atomic mass is 10.1. The maximum Gasteiger partial charge on any atom is 0.185 e. The second kappa shape index (κ2) is 8.61. The molecule has 1 fully saturated rings. The number of hydrogen-bond donors (Lipinski definition) is 1. The number of Topliss-reactive ketones (excluding diaryl/α,β-unsaturated/α-hetero) is 1. The van der Waals surface area contributed by atoms with Gasteiger partial charge >= 0.3 is 0 Å². The fraction of sp³-hybridized carbons (Fsp3) is 0.500. The van der Waals surface area contributed by atoms with Gasteiger partial charge in [-0.05, 0) is 12.1 Å². The van der Waals surface area contributed by atoms with Crippen molar-refractivity contribution < 1.29 is 19.1 Å². The maximum atomic E-state index is 12.6. The van der Waals surface area contributed by atoms with E-state index in [2.05, 4.69) is 5.32 Å². The normalized spacial score (nSPS) is 20.3. The predicted octanol–water partition coefficient (Wildman–Crippen LogP) is 2.35. The van der Waals surface area contributed by atoms with E-state index in [1.807, 2.05) is 24.3 Å². The number of benzene rings is 1. The predicted molar refractivity (Wildman–Crippen MR) is 94.4 cm³/mol. The number of hydrogen-bond acceptors (Lipinski definition) is 7. The SMILES string of the molecule is COc1ccccc1OCC1(C(=O)CCSC(C)=O)NCCS1. The zero-order chi connectivity index (χ0) is 16.7. The molecule has 0 bridgehead atoms. The molecule has 1 atom stereocenters. The summed E-state index contributed by atoms with van der Waals surface area (Å²) in [6, 6.07) is 7.38. The number of para-hydroxylation sites is 2. The van der Waals surface area contributed by atoms with Gasteiger partial charge in [-0.25, -0.2) is 0 Å². The summed E-state index contributed by atoms with van der Waals surface area (Å²) in [5.74, 6) is 2.71. The van der Waals surface area contributed by atoms with Crippen LogP contribution in [0.15, 0.2) is 24.3 Å².